The van der Waals surface area contributed by atoms with Gasteiger partial charge in [-0.2, -0.15) is 0 Å². The Balaban J connectivity index is 1.22. The first-order chi connectivity index (χ1) is 26.4. The molecule has 0 saturated heterocycles. The highest BCUT2D eigenvalue weighted by molar-refractivity contribution is 8.00. The SMILES string of the molecule is Cc1ccc(C2(c3ccc(C)cc3)c3c(sc4c3SC3c5sc6ccsc6c5C(c5ccc(C)cc5)(c5ccc(C)cc5)C43)-c3sc4ccsc4c32)cc1. The predicted molar refractivity (Wildman–Crippen MR) is 238 cm³/mol. The molecule has 4 aromatic carbocycles. The summed E-state index contributed by atoms with van der Waals surface area (Å²) >= 11 is 12.3. The number of thioether (sulfide) groups is 1. The van der Waals surface area contributed by atoms with E-state index in [2.05, 4.69) is 182 Å². The van der Waals surface area contributed by atoms with Crippen LogP contribution in [0.1, 0.15) is 82.1 Å². The molecule has 0 radical (unpaired) electrons. The topological polar surface area (TPSA) is 0 Å². The quantitative estimate of drug-likeness (QED) is 0.171. The maximum atomic E-state index is 2.46. The van der Waals surface area contributed by atoms with Crippen molar-refractivity contribution in [2.75, 3.05) is 0 Å². The molecule has 3 aliphatic rings. The van der Waals surface area contributed by atoms with E-state index < -0.39 is 5.41 Å². The zero-order valence-electron chi connectivity index (χ0n) is 30.2. The summed E-state index contributed by atoms with van der Waals surface area (Å²) in [6.07, 6.45) is 0. The van der Waals surface area contributed by atoms with Gasteiger partial charge in [0, 0.05) is 51.4 Å². The third kappa shape index (κ3) is 3.99. The van der Waals surface area contributed by atoms with Crippen LogP contribution in [0.2, 0.25) is 0 Å². The van der Waals surface area contributed by atoms with Gasteiger partial charge in [0.05, 0.1) is 30.5 Å². The van der Waals surface area contributed by atoms with E-state index in [0.717, 1.165) is 0 Å². The second-order valence-electron chi connectivity index (χ2n) is 15.4. The third-order valence-electron chi connectivity index (χ3n) is 12.4. The molecule has 0 spiro atoms. The molecule has 2 unspecified atom stereocenters. The Kier molecular flexibility index (Phi) is 6.86. The van der Waals surface area contributed by atoms with Crippen molar-refractivity contribution in [1.82, 2.24) is 0 Å². The van der Waals surface area contributed by atoms with Crippen LogP contribution in [0.15, 0.2) is 125 Å². The van der Waals surface area contributed by atoms with Gasteiger partial charge in [0.15, 0.2) is 0 Å². The molecule has 6 heteroatoms. The second kappa shape index (κ2) is 11.4. The van der Waals surface area contributed by atoms with Gasteiger partial charge in [0.25, 0.3) is 0 Å². The number of thiophene rings is 5. The maximum Gasteiger partial charge on any atom is 0.0755 e. The Morgan fingerprint density at radius 3 is 1.44 bits per heavy atom. The van der Waals surface area contributed by atoms with Crippen LogP contribution in [0.5, 0.6) is 0 Å². The largest absolute Gasteiger partial charge is 0.143 e. The Morgan fingerprint density at radius 2 is 0.907 bits per heavy atom. The van der Waals surface area contributed by atoms with Gasteiger partial charge < -0.3 is 0 Å². The van der Waals surface area contributed by atoms with E-state index in [1.807, 2.05) is 34.0 Å². The fraction of sp³-hybridized carbons (Fsp3) is 0.167. The molecule has 262 valence electrons. The summed E-state index contributed by atoms with van der Waals surface area (Å²) in [5.41, 5.74) is 14.7. The van der Waals surface area contributed by atoms with Crippen molar-refractivity contribution in [3.05, 3.63) is 191 Å². The third-order valence-corrected chi connectivity index (χ3v) is 20.0. The fourth-order valence-corrected chi connectivity index (χ4v) is 18.9. The first-order valence-electron chi connectivity index (χ1n) is 18.5. The Morgan fingerprint density at radius 1 is 0.444 bits per heavy atom. The highest BCUT2D eigenvalue weighted by Crippen LogP contribution is 2.78. The molecule has 1 aliphatic heterocycles. The molecule has 9 aromatic rings. The first-order valence-corrected chi connectivity index (χ1v) is 23.6. The van der Waals surface area contributed by atoms with E-state index in [4.69, 9.17) is 0 Å². The van der Waals surface area contributed by atoms with Crippen LogP contribution in [0, 0.1) is 27.7 Å². The van der Waals surface area contributed by atoms with Crippen molar-refractivity contribution in [1.29, 1.82) is 0 Å². The van der Waals surface area contributed by atoms with E-state index in [-0.39, 0.29) is 11.3 Å². The van der Waals surface area contributed by atoms with Crippen molar-refractivity contribution in [3.63, 3.8) is 0 Å². The lowest BCUT2D eigenvalue weighted by Gasteiger charge is -2.38. The summed E-state index contributed by atoms with van der Waals surface area (Å²) in [5, 5.41) is 4.95. The molecule has 0 nitrogen and oxygen atoms in total. The van der Waals surface area contributed by atoms with E-state index in [0.29, 0.717) is 5.25 Å². The Labute approximate surface area is 339 Å². The number of rotatable bonds is 4. The zero-order chi connectivity index (χ0) is 36.1. The summed E-state index contributed by atoms with van der Waals surface area (Å²) in [5.74, 6) is 0.282. The van der Waals surface area contributed by atoms with Crippen LogP contribution in [0.3, 0.4) is 0 Å². The molecule has 12 rings (SSSR count). The lowest BCUT2D eigenvalue weighted by atomic mass is 9.64. The predicted octanol–water partition coefficient (Wildman–Crippen LogP) is 15.2. The average molecular weight is 803 g/mol. The molecular weight excluding hydrogens is 769 g/mol. The maximum absolute atomic E-state index is 2.46. The van der Waals surface area contributed by atoms with Crippen LogP contribution in [0.4, 0.5) is 0 Å². The van der Waals surface area contributed by atoms with Gasteiger partial charge in [-0.1, -0.05) is 119 Å². The first kappa shape index (κ1) is 32.5. The molecule has 2 atom stereocenters. The summed E-state index contributed by atoms with van der Waals surface area (Å²) < 4.78 is 5.77. The molecule has 0 fully saturated rings. The van der Waals surface area contributed by atoms with Crippen molar-refractivity contribution in [2.24, 2.45) is 0 Å². The molecule has 54 heavy (non-hydrogen) atoms. The molecule has 0 amide bonds. The van der Waals surface area contributed by atoms with E-state index in [1.54, 1.807) is 15.3 Å². The smallest absolute Gasteiger partial charge is 0.0755 e. The molecule has 0 N–H and O–H groups in total. The zero-order valence-corrected chi connectivity index (χ0v) is 35.1. The average Bonchev–Trinajstić information content (AvgIpc) is 4.03. The minimum Gasteiger partial charge on any atom is -0.143 e. The minimum absolute atomic E-state index is 0.282. The van der Waals surface area contributed by atoms with Crippen LogP contribution in [-0.2, 0) is 10.8 Å². The van der Waals surface area contributed by atoms with Crippen LogP contribution in [-0.4, -0.2) is 0 Å². The van der Waals surface area contributed by atoms with Gasteiger partial charge in [-0.05, 0) is 72.8 Å². The number of hydrogen-bond acceptors (Lipinski definition) is 6. The van der Waals surface area contributed by atoms with Crippen molar-refractivity contribution in [3.8, 4) is 9.75 Å². The van der Waals surface area contributed by atoms with Crippen LogP contribution < -0.4 is 0 Å². The van der Waals surface area contributed by atoms with Gasteiger partial charge in [0.1, 0.15) is 0 Å². The van der Waals surface area contributed by atoms with Crippen molar-refractivity contribution in [2.45, 2.75) is 54.6 Å². The highest BCUT2D eigenvalue weighted by Gasteiger charge is 2.63. The minimum atomic E-state index is -0.403. The number of fused-ring (bicyclic) bond motifs is 13. The number of hydrogen-bond donors (Lipinski definition) is 0. The van der Waals surface area contributed by atoms with Gasteiger partial charge in [-0.25, -0.2) is 0 Å². The van der Waals surface area contributed by atoms with Crippen molar-refractivity contribution >= 4 is 87.2 Å². The number of benzene rings is 4. The normalized spacial score (nSPS) is 18.6. The number of aryl methyl sites for hydroxylation is 4. The summed E-state index contributed by atoms with van der Waals surface area (Å²) in [6.45, 7) is 8.88. The molecule has 5 aromatic heterocycles. The molecular formula is C48H34S6. The van der Waals surface area contributed by atoms with Gasteiger partial charge in [-0.15, -0.1) is 68.4 Å². The summed E-state index contributed by atoms with van der Waals surface area (Å²) in [4.78, 5) is 7.67. The lowest BCUT2D eigenvalue weighted by molar-refractivity contribution is 0.527. The highest BCUT2D eigenvalue weighted by atomic mass is 32.2. The van der Waals surface area contributed by atoms with Gasteiger partial charge in [0.2, 0.25) is 0 Å². The second-order valence-corrected chi connectivity index (χ2v) is 21.6. The van der Waals surface area contributed by atoms with E-state index in [9.17, 15) is 0 Å². The summed E-state index contributed by atoms with van der Waals surface area (Å²) in [6, 6.07) is 43.0. The van der Waals surface area contributed by atoms with E-state index >= 15 is 0 Å². The van der Waals surface area contributed by atoms with Gasteiger partial charge in [-0.3, -0.25) is 0 Å². The molecule has 6 heterocycles. The van der Waals surface area contributed by atoms with Crippen LogP contribution in [0.25, 0.3) is 28.6 Å². The Bertz CT molecular complexity index is 2850. The summed E-state index contributed by atoms with van der Waals surface area (Å²) in [7, 11) is 0. The van der Waals surface area contributed by atoms with Crippen LogP contribution >= 0.6 is 68.4 Å². The molecule has 0 bridgehead atoms. The lowest BCUT2D eigenvalue weighted by Crippen LogP contribution is -2.33. The van der Waals surface area contributed by atoms with Gasteiger partial charge >= 0.3 is 0 Å². The standard InChI is InChI=1S/C48H34S6/c1-25-5-13-29(14-6-25)47(30-15-7-26(2)8-16-30)35-39-33(21-23-49-39)51-41(35)43-37(47)45-46(53-43)38-44(54-45)42-36(40-34(52-42)22-24-50-40)48(38,31-17-9-27(3)10-18-31)32-19-11-28(4)12-20-32/h5-24,37,43H,1-4H3. The molecule has 0 saturated carbocycles. The Hall–Kier alpha value is -3.75. The monoisotopic (exact) mass is 802 g/mol. The van der Waals surface area contributed by atoms with Crippen molar-refractivity contribution < 1.29 is 0 Å². The molecule has 2 aliphatic carbocycles. The van der Waals surface area contributed by atoms with E-state index in [1.165, 1.54) is 89.1 Å². The fourth-order valence-electron chi connectivity index (χ4n) is 10.0.